The quantitative estimate of drug-likeness (QED) is 0.243. The summed E-state index contributed by atoms with van der Waals surface area (Å²) >= 11 is 1.60. The highest BCUT2D eigenvalue weighted by Gasteiger charge is 2.32. The van der Waals surface area contributed by atoms with Crippen molar-refractivity contribution >= 4 is 17.8 Å². The van der Waals surface area contributed by atoms with Crippen LogP contribution in [0, 0.1) is 0 Å². The van der Waals surface area contributed by atoms with E-state index in [0.29, 0.717) is 25.3 Å². The molecule has 2 amide bonds. The molecule has 3 N–H and O–H groups in total. The van der Waals surface area contributed by atoms with Crippen molar-refractivity contribution in [3.63, 3.8) is 0 Å². The highest BCUT2D eigenvalue weighted by atomic mass is 32.2. The average molecular weight is 560 g/mol. The molecule has 10 heteroatoms. The van der Waals surface area contributed by atoms with Gasteiger partial charge in [0, 0.05) is 37.9 Å². The zero-order chi connectivity index (χ0) is 27.7. The summed E-state index contributed by atoms with van der Waals surface area (Å²) in [5.41, 5.74) is 4.83. The van der Waals surface area contributed by atoms with Crippen molar-refractivity contribution in [1.82, 2.24) is 25.4 Å². The van der Waals surface area contributed by atoms with Crippen molar-refractivity contribution in [3.8, 4) is 0 Å². The summed E-state index contributed by atoms with van der Waals surface area (Å²) in [6, 6.07) is 25.3. The molecule has 1 saturated heterocycles. The molecule has 3 unspecified atom stereocenters. The summed E-state index contributed by atoms with van der Waals surface area (Å²) in [5.74, 6) is 0.706. The Bertz CT molecular complexity index is 1370. The second-order valence-electron chi connectivity index (χ2n) is 9.65. The van der Waals surface area contributed by atoms with Gasteiger partial charge in [-0.15, -0.1) is 10.2 Å². The lowest BCUT2D eigenvalue weighted by Crippen LogP contribution is -2.34. The van der Waals surface area contributed by atoms with Crippen LogP contribution in [0.1, 0.15) is 46.6 Å². The number of urea groups is 1. The first kappa shape index (κ1) is 27.9. The summed E-state index contributed by atoms with van der Waals surface area (Å²) in [6.45, 7) is 0.885. The number of aryl methyl sites for hydroxylation is 1. The maximum absolute atomic E-state index is 12.2. The molecule has 1 aliphatic heterocycles. The van der Waals surface area contributed by atoms with Gasteiger partial charge in [-0.25, -0.2) is 4.79 Å². The summed E-state index contributed by atoms with van der Waals surface area (Å²) < 4.78 is 14.7. The van der Waals surface area contributed by atoms with Crippen LogP contribution < -0.4 is 10.6 Å². The van der Waals surface area contributed by atoms with Gasteiger partial charge >= 0.3 is 6.03 Å². The van der Waals surface area contributed by atoms with Crippen molar-refractivity contribution in [3.05, 3.63) is 113 Å². The first-order chi connectivity index (χ1) is 19.6. The minimum Gasteiger partial charge on any atom is -0.392 e. The Morgan fingerprint density at radius 3 is 2.23 bits per heavy atom. The molecule has 2 heterocycles. The lowest BCUT2D eigenvalue weighted by Gasteiger charge is -2.36. The molecule has 3 atom stereocenters. The van der Waals surface area contributed by atoms with Crippen molar-refractivity contribution in [1.29, 1.82) is 0 Å². The van der Waals surface area contributed by atoms with E-state index < -0.39 is 6.29 Å². The maximum Gasteiger partial charge on any atom is 0.315 e. The average Bonchev–Trinajstić information content (AvgIpc) is 3.43. The Balaban J connectivity index is 1.21. The first-order valence-electron chi connectivity index (χ1n) is 13.2. The summed E-state index contributed by atoms with van der Waals surface area (Å²) in [7, 11) is 1.92. The van der Waals surface area contributed by atoms with Crippen LogP contribution in [0.4, 0.5) is 4.79 Å². The van der Waals surface area contributed by atoms with E-state index in [1.54, 1.807) is 18.1 Å². The van der Waals surface area contributed by atoms with Gasteiger partial charge in [0.1, 0.15) is 6.33 Å². The van der Waals surface area contributed by atoms with E-state index in [-0.39, 0.29) is 24.8 Å². The largest absolute Gasteiger partial charge is 0.392 e. The fourth-order valence-corrected chi connectivity index (χ4v) is 5.31. The van der Waals surface area contributed by atoms with Crippen LogP contribution in [-0.2, 0) is 36.2 Å². The van der Waals surface area contributed by atoms with Crippen LogP contribution in [0.25, 0.3) is 0 Å². The van der Waals surface area contributed by atoms with Gasteiger partial charge in [-0.1, -0.05) is 90.6 Å². The number of benzene rings is 3. The number of carbonyl (C=O) groups is 1. The number of ether oxygens (including phenoxy) is 2. The highest BCUT2D eigenvalue weighted by Crippen LogP contribution is 2.39. The number of nitrogens with zero attached hydrogens (tertiary/aromatic N) is 3. The van der Waals surface area contributed by atoms with Crippen LogP contribution >= 0.6 is 11.8 Å². The number of rotatable bonds is 10. The fourth-order valence-electron chi connectivity index (χ4n) is 4.41. The van der Waals surface area contributed by atoms with Crippen molar-refractivity contribution in [2.75, 3.05) is 5.75 Å². The van der Waals surface area contributed by atoms with Gasteiger partial charge < -0.3 is 29.8 Å². The van der Waals surface area contributed by atoms with Crippen molar-refractivity contribution in [2.45, 2.75) is 49.8 Å². The number of aliphatic hydroxyl groups is 1. The molecule has 0 radical (unpaired) electrons. The SMILES string of the molecule is Cn1cnnc1SCC1CC(c2ccc(CO)cc2)OC(c2ccc(CNC(=O)NCc3ccccc3)cc2)O1. The molecule has 4 aromatic rings. The molecule has 0 aliphatic carbocycles. The number of carbonyl (C=O) groups excluding carboxylic acids is 1. The van der Waals surface area contributed by atoms with Crippen molar-refractivity contribution < 1.29 is 19.4 Å². The van der Waals surface area contributed by atoms with E-state index in [0.717, 1.165) is 33.0 Å². The van der Waals surface area contributed by atoms with E-state index in [9.17, 15) is 9.90 Å². The number of amides is 2. The molecule has 5 rings (SSSR count). The van der Waals surface area contributed by atoms with E-state index >= 15 is 0 Å². The van der Waals surface area contributed by atoms with Gasteiger partial charge in [-0.3, -0.25) is 0 Å². The van der Waals surface area contributed by atoms with Crippen molar-refractivity contribution in [2.24, 2.45) is 7.05 Å². The summed E-state index contributed by atoms with van der Waals surface area (Å²) in [4.78, 5) is 12.2. The molecule has 0 spiro atoms. The van der Waals surface area contributed by atoms with Gasteiger partial charge in [0.05, 0.1) is 18.8 Å². The number of thioether (sulfide) groups is 1. The lowest BCUT2D eigenvalue weighted by atomic mass is 10.0. The molecule has 1 fully saturated rings. The Morgan fingerprint density at radius 1 is 0.925 bits per heavy atom. The Labute approximate surface area is 237 Å². The Hall–Kier alpha value is -3.70. The fraction of sp³-hybridized carbons (Fsp3) is 0.300. The minimum atomic E-state index is -0.544. The molecule has 40 heavy (non-hydrogen) atoms. The van der Waals surface area contributed by atoms with Crippen LogP contribution in [0.15, 0.2) is 90.3 Å². The maximum atomic E-state index is 12.2. The number of aliphatic hydroxyl groups excluding tert-OH is 1. The molecule has 3 aromatic carbocycles. The van der Waals surface area contributed by atoms with Crippen LogP contribution in [0.3, 0.4) is 0 Å². The first-order valence-corrected chi connectivity index (χ1v) is 14.2. The van der Waals surface area contributed by atoms with E-state index in [2.05, 4.69) is 20.8 Å². The molecule has 0 saturated carbocycles. The minimum absolute atomic E-state index is 0.00436. The van der Waals surface area contributed by atoms with Gasteiger partial charge in [-0.2, -0.15) is 0 Å². The van der Waals surface area contributed by atoms with E-state index in [4.69, 9.17) is 9.47 Å². The summed E-state index contributed by atoms with van der Waals surface area (Å²) in [6.07, 6.45) is 1.60. The van der Waals surface area contributed by atoms with Crippen LogP contribution in [0.5, 0.6) is 0 Å². The second kappa shape index (κ2) is 13.6. The lowest BCUT2D eigenvalue weighted by molar-refractivity contribution is -0.245. The number of nitrogens with one attached hydrogen (secondary N) is 2. The standard InChI is InChI=1S/C30H33N5O4S/c1-35-20-33-34-30(35)40-19-26-15-27(24-11-9-23(18-36)10-12-24)39-28(38-26)25-13-7-22(8-14-25)17-32-29(37)31-16-21-5-3-2-4-6-21/h2-14,20,26-28,36H,15-19H2,1H3,(H2,31,32,37). The van der Waals surface area contributed by atoms with Gasteiger partial charge in [0.25, 0.3) is 0 Å². The predicted molar refractivity (Wildman–Crippen MR) is 152 cm³/mol. The predicted octanol–water partition coefficient (Wildman–Crippen LogP) is 4.64. The normalized spacial score (nSPS) is 18.8. The summed E-state index contributed by atoms with van der Waals surface area (Å²) in [5, 5.41) is 24.2. The highest BCUT2D eigenvalue weighted by molar-refractivity contribution is 7.99. The van der Waals surface area contributed by atoms with Gasteiger partial charge in [0.15, 0.2) is 11.4 Å². The van der Waals surface area contributed by atoms with E-state index in [1.165, 1.54) is 0 Å². The third-order valence-corrected chi connectivity index (χ3v) is 7.85. The Morgan fingerprint density at radius 2 is 1.57 bits per heavy atom. The topological polar surface area (TPSA) is 111 Å². The van der Waals surface area contributed by atoms with Gasteiger partial charge in [-0.05, 0) is 22.3 Å². The van der Waals surface area contributed by atoms with Gasteiger partial charge in [0.2, 0.25) is 0 Å². The number of aromatic nitrogens is 3. The number of hydrogen-bond acceptors (Lipinski definition) is 7. The number of hydrogen-bond donors (Lipinski definition) is 3. The van der Waals surface area contributed by atoms with Crippen LogP contribution in [0.2, 0.25) is 0 Å². The Kier molecular flexibility index (Phi) is 9.46. The molecule has 0 bridgehead atoms. The molecule has 1 aliphatic rings. The second-order valence-corrected chi connectivity index (χ2v) is 10.6. The van der Waals surface area contributed by atoms with Crippen LogP contribution in [-0.4, -0.2) is 37.8 Å². The van der Waals surface area contributed by atoms with E-state index in [1.807, 2.05) is 90.5 Å². The third kappa shape index (κ3) is 7.48. The monoisotopic (exact) mass is 559 g/mol. The molecule has 1 aromatic heterocycles. The third-order valence-electron chi connectivity index (χ3n) is 6.68. The molecule has 9 nitrogen and oxygen atoms in total. The molecular formula is C30H33N5O4S. The zero-order valence-corrected chi connectivity index (χ0v) is 23.1. The zero-order valence-electron chi connectivity index (χ0n) is 22.3. The smallest absolute Gasteiger partial charge is 0.315 e. The molecular weight excluding hydrogens is 526 g/mol. The molecule has 208 valence electrons.